The van der Waals surface area contributed by atoms with Crippen LogP contribution in [0.15, 0.2) is 46.9 Å². The van der Waals surface area contributed by atoms with Crippen LogP contribution in [0.1, 0.15) is 82.1 Å². The van der Waals surface area contributed by atoms with Crippen molar-refractivity contribution in [3.8, 4) is 5.75 Å². The number of hydrogen-bond donors (Lipinski definition) is 4. The van der Waals surface area contributed by atoms with Gasteiger partial charge in [-0.3, -0.25) is 9.59 Å². The fraction of sp³-hybridized carbons (Fsp3) is 0.538. The third-order valence-electron chi connectivity index (χ3n) is 6.33. The number of aromatic hydroxyl groups is 1. The molecule has 0 radical (unpaired) electrons. The lowest BCUT2D eigenvalue weighted by atomic mass is 9.78. The van der Waals surface area contributed by atoms with E-state index in [0.29, 0.717) is 24.7 Å². The van der Waals surface area contributed by atoms with Crippen molar-refractivity contribution in [3.05, 3.63) is 63.6 Å². The highest BCUT2D eigenvalue weighted by Crippen LogP contribution is 2.41. The Morgan fingerprint density at radius 3 is 2.50 bits per heavy atom. The van der Waals surface area contributed by atoms with Crippen LogP contribution >= 0.6 is 0 Å². The highest BCUT2D eigenvalue weighted by Gasteiger charge is 2.38. The van der Waals surface area contributed by atoms with Gasteiger partial charge in [-0.15, -0.1) is 0 Å². The first-order valence-corrected chi connectivity index (χ1v) is 11.5. The highest BCUT2D eigenvalue weighted by molar-refractivity contribution is 6.06. The van der Waals surface area contributed by atoms with Crippen molar-refractivity contribution in [1.82, 2.24) is 4.98 Å². The Morgan fingerprint density at radius 1 is 1.25 bits per heavy atom. The molecule has 4 N–H and O–H groups in total. The summed E-state index contributed by atoms with van der Waals surface area (Å²) in [6, 6.07) is 0. The summed E-state index contributed by atoms with van der Waals surface area (Å²) in [5, 5.41) is 31.2. The van der Waals surface area contributed by atoms with Gasteiger partial charge < -0.3 is 20.3 Å². The maximum Gasteiger partial charge on any atom is 0.262 e. The fourth-order valence-electron chi connectivity index (χ4n) is 4.26. The van der Waals surface area contributed by atoms with Gasteiger partial charge in [0.15, 0.2) is 5.78 Å². The Labute approximate surface area is 190 Å². The van der Waals surface area contributed by atoms with Crippen LogP contribution in [0, 0.1) is 11.8 Å². The number of pyridine rings is 1. The Bertz CT molecular complexity index is 932. The van der Waals surface area contributed by atoms with E-state index in [4.69, 9.17) is 0 Å². The molecule has 0 unspecified atom stereocenters. The summed E-state index contributed by atoms with van der Waals surface area (Å²) < 4.78 is 0. The summed E-state index contributed by atoms with van der Waals surface area (Å²) in [6.07, 6.45) is 12.9. The van der Waals surface area contributed by atoms with Crippen molar-refractivity contribution in [2.75, 3.05) is 0 Å². The van der Waals surface area contributed by atoms with Gasteiger partial charge in [0, 0.05) is 11.8 Å². The quantitative estimate of drug-likeness (QED) is 0.255. The molecule has 1 aliphatic rings. The first-order chi connectivity index (χ1) is 15.1. The first kappa shape index (κ1) is 25.8. The van der Waals surface area contributed by atoms with Crippen LogP contribution in [-0.2, 0) is 5.60 Å². The zero-order valence-electron chi connectivity index (χ0n) is 19.6. The molecule has 0 aliphatic heterocycles. The van der Waals surface area contributed by atoms with E-state index >= 15 is 0 Å². The minimum absolute atomic E-state index is 0.116. The maximum atomic E-state index is 12.6. The summed E-state index contributed by atoms with van der Waals surface area (Å²) >= 11 is 0. The summed E-state index contributed by atoms with van der Waals surface area (Å²) in [4.78, 5) is 27.3. The molecule has 1 aromatic rings. The molecule has 0 amide bonds. The summed E-state index contributed by atoms with van der Waals surface area (Å²) in [5.74, 6) is 0.00153. The second-order valence-corrected chi connectivity index (χ2v) is 9.24. The molecular formula is C26H37NO5. The van der Waals surface area contributed by atoms with Crippen molar-refractivity contribution < 1.29 is 20.1 Å². The molecule has 1 heterocycles. The zero-order chi connectivity index (χ0) is 23.9. The number of aromatic nitrogens is 1. The number of H-pyrrole nitrogens is 1. The van der Waals surface area contributed by atoms with Crippen LogP contribution in [0.25, 0.3) is 0 Å². The molecular weight excluding hydrogens is 406 g/mol. The van der Waals surface area contributed by atoms with Crippen molar-refractivity contribution in [1.29, 1.82) is 0 Å². The number of carbonyl (C=O) groups is 1. The lowest BCUT2D eigenvalue weighted by Gasteiger charge is -2.35. The van der Waals surface area contributed by atoms with Gasteiger partial charge in [-0.05, 0) is 56.9 Å². The number of carbonyl (C=O) groups excluding carboxylic acids is 1. The lowest BCUT2D eigenvalue weighted by Crippen LogP contribution is -2.34. The molecule has 0 bridgehead atoms. The number of aliphatic hydroxyl groups is 2. The summed E-state index contributed by atoms with van der Waals surface area (Å²) in [5.41, 5.74) is -1.28. The van der Waals surface area contributed by atoms with Gasteiger partial charge in [-0.25, -0.2) is 0 Å². The van der Waals surface area contributed by atoms with Crippen molar-refractivity contribution in [2.24, 2.45) is 11.8 Å². The molecule has 176 valence electrons. The molecule has 6 heteroatoms. The van der Waals surface area contributed by atoms with Gasteiger partial charge in [0.25, 0.3) is 5.56 Å². The van der Waals surface area contributed by atoms with Crippen LogP contribution in [0.5, 0.6) is 5.75 Å². The third kappa shape index (κ3) is 6.78. The molecule has 1 fully saturated rings. The molecule has 0 aromatic carbocycles. The third-order valence-corrected chi connectivity index (χ3v) is 6.33. The van der Waals surface area contributed by atoms with Gasteiger partial charge in [-0.2, -0.15) is 0 Å². The smallest absolute Gasteiger partial charge is 0.262 e. The molecule has 0 saturated heterocycles. The molecule has 6 nitrogen and oxygen atoms in total. The average Bonchev–Trinajstić information content (AvgIpc) is 2.73. The number of ketones is 1. The Hall–Kier alpha value is -2.44. The topological polar surface area (TPSA) is 111 Å². The van der Waals surface area contributed by atoms with Crippen LogP contribution in [-0.4, -0.2) is 32.2 Å². The lowest BCUT2D eigenvalue weighted by molar-refractivity contribution is -0.0377. The Morgan fingerprint density at radius 2 is 1.88 bits per heavy atom. The number of aromatic amines is 1. The van der Waals surface area contributed by atoms with E-state index < -0.39 is 28.8 Å². The SMILES string of the molecule is CC[C@@H](C)C[C@@H](C)/C=C(C)/C=C/C=C/C(=O)c1c(O)c(C2(O)CCC(O)CC2)c[nH]c1=O. The van der Waals surface area contributed by atoms with Gasteiger partial charge in [0.05, 0.1) is 11.7 Å². The molecule has 2 rings (SSSR count). The van der Waals surface area contributed by atoms with E-state index in [1.54, 1.807) is 6.08 Å². The molecule has 1 aromatic heterocycles. The van der Waals surface area contributed by atoms with Crippen molar-refractivity contribution in [3.63, 3.8) is 0 Å². The van der Waals surface area contributed by atoms with Gasteiger partial charge >= 0.3 is 0 Å². The van der Waals surface area contributed by atoms with Gasteiger partial charge in [-0.1, -0.05) is 57.1 Å². The van der Waals surface area contributed by atoms with Crippen LogP contribution in [0.4, 0.5) is 0 Å². The zero-order valence-corrected chi connectivity index (χ0v) is 19.6. The Kier molecular flexibility index (Phi) is 9.22. The normalized spacial score (nSPS) is 24.2. The largest absolute Gasteiger partial charge is 0.507 e. The van der Waals surface area contributed by atoms with Crippen LogP contribution < -0.4 is 5.56 Å². The predicted octanol–water partition coefficient (Wildman–Crippen LogP) is 4.52. The number of allylic oxidation sites excluding steroid dienone is 6. The second-order valence-electron chi connectivity index (χ2n) is 9.24. The predicted molar refractivity (Wildman–Crippen MR) is 127 cm³/mol. The minimum Gasteiger partial charge on any atom is -0.507 e. The first-order valence-electron chi connectivity index (χ1n) is 11.5. The molecule has 1 aliphatic carbocycles. The van der Waals surface area contributed by atoms with Gasteiger partial charge in [0.2, 0.25) is 0 Å². The molecule has 0 spiro atoms. The number of aliphatic hydroxyl groups excluding tert-OH is 1. The van der Waals surface area contributed by atoms with E-state index in [1.807, 2.05) is 13.0 Å². The maximum absolute atomic E-state index is 12.6. The minimum atomic E-state index is -1.39. The van der Waals surface area contributed by atoms with E-state index in [1.165, 1.54) is 18.3 Å². The van der Waals surface area contributed by atoms with E-state index in [-0.39, 0.29) is 24.0 Å². The monoisotopic (exact) mass is 443 g/mol. The number of hydrogen-bond acceptors (Lipinski definition) is 5. The summed E-state index contributed by atoms with van der Waals surface area (Å²) in [7, 11) is 0. The number of nitrogens with one attached hydrogen (secondary N) is 1. The van der Waals surface area contributed by atoms with Crippen molar-refractivity contribution in [2.45, 2.75) is 77.9 Å². The van der Waals surface area contributed by atoms with E-state index in [2.05, 4.69) is 31.8 Å². The van der Waals surface area contributed by atoms with Crippen LogP contribution in [0.3, 0.4) is 0 Å². The fourth-order valence-corrected chi connectivity index (χ4v) is 4.26. The van der Waals surface area contributed by atoms with Crippen LogP contribution in [0.2, 0.25) is 0 Å². The average molecular weight is 444 g/mol. The standard InChI is InChI=1S/C26H37NO5/c1-5-17(2)14-19(4)15-18(3)8-6-7-9-22(29)23-24(30)21(16-27-25(23)31)26(32)12-10-20(28)11-13-26/h6-9,15-17,19-20,28,32H,5,10-14H2,1-4H3,(H2,27,30,31)/b8-6+,9-7+,18-15+/t17-,19-,20?,26?/m1/s1. The van der Waals surface area contributed by atoms with Crippen molar-refractivity contribution >= 4 is 5.78 Å². The second kappa shape index (κ2) is 11.4. The Balaban J connectivity index is 2.14. The van der Waals surface area contributed by atoms with Gasteiger partial charge in [0.1, 0.15) is 11.3 Å². The highest BCUT2D eigenvalue weighted by atomic mass is 16.3. The van der Waals surface area contributed by atoms with E-state index in [9.17, 15) is 24.9 Å². The molecule has 32 heavy (non-hydrogen) atoms. The molecule has 1 saturated carbocycles. The number of rotatable bonds is 9. The summed E-state index contributed by atoms with van der Waals surface area (Å²) in [6.45, 7) is 8.62. The van der Waals surface area contributed by atoms with E-state index in [0.717, 1.165) is 18.4 Å². The molecule has 2 atom stereocenters.